The summed E-state index contributed by atoms with van der Waals surface area (Å²) >= 11 is 0. The predicted octanol–water partition coefficient (Wildman–Crippen LogP) is 29.4. The zero-order chi connectivity index (χ0) is 70.1. The van der Waals surface area contributed by atoms with Crippen LogP contribution in [0.5, 0.6) is 0 Å². The summed E-state index contributed by atoms with van der Waals surface area (Å²) in [4.78, 5) is 26.0. The summed E-state index contributed by atoms with van der Waals surface area (Å²) in [5.74, 6) is 0.172. The van der Waals surface area contributed by atoms with Crippen LogP contribution in [0.4, 0.5) is 0 Å². The molecule has 508 valence electrons. The van der Waals surface area contributed by atoms with Crippen molar-refractivity contribution in [2.45, 2.75) is 356 Å². The van der Waals surface area contributed by atoms with Crippen LogP contribution in [0.25, 0.3) is 0 Å². The molecule has 5 heteroatoms. The van der Waals surface area contributed by atoms with Crippen LogP contribution in [-0.2, 0) is 4.79 Å². The van der Waals surface area contributed by atoms with Gasteiger partial charge in [-0.1, -0.05) is 321 Å². The lowest BCUT2D eigenvalue weighted by atomic mass is 9.97. The van der Waals surface area contributed by atoms with Gasteiger partial charge in [-0.25, -0.2) is 0 Å². The molecule has 8 rings (SSSR count). The van der Waals surface area contributed by atoms with E-state index in [0.29, 0.717) is 6.42 Å². The molecule has 4 aliphatic carbocycles. The third-order valence-corrected chi connectivity index (χ3v) is 8.77. The van der Waals surface area contributed by atoms with Gasteiger partial charge >= 0.3 is 0 Å². The molecule has 8 aliphatic rings. The first-order chi connectivity index (χ1) is 41.2. The van der Waals surface area contributed by atoms with Gasteiger partial charge in [-0.2, -0.15) is 0 Å². The van der Waals surface area contributed by atoms with Crippen LogP contribution in [-0.4, -0.2) is 50.3 Å². The van der Waals surface area contributed by atoms with Crippen LogP contribution in [0.1, 0.15) is 356 Å². The smallest absolute Gasteiger partial charge is 0.173 e. The average molecular weight is 1190 g/mol. The van der Waals surface area contributed by atoms with Gasteiger partial charge in [-0.15, -0.1) is 0 Å². The molecular formula is C79H166N4O. The molecule has 0 bridgehead atoms. The minimum absolute atomic E-state index is 0.172. The second kappa shape index (κ2) is 153. The number of nitrogens with zero attached hydrogens (tertiary/aromatic N) is 4. The molecular weight excluding hydrogens is 1020 g/mol. The first-order valence-corrected chi connectivity index (χ1v) is 35.8. The quantitative estimate of drug-likeness (QED) is 0.223. The van der Waals surface area contributed by atoms with Crippen molar-refractivity contribution >= 4 is 30.6 Å². The van der Waals surface area contributed by atoms with Crippen LogP contribution in [0.15, 0.2) is 129 Å². The van der Waals surface area contributed by atoms with Crippen molar-refractivity contribution in [2.75, 3.05) is 19.6 Å². The maximum Gasteiger partial charge on any atom is 0.173 e. The Morgan fingerprint density at radius 2 is 0.607 bits per heavy atom. The monoisotopic (exact) mass is 1190 g/mol. The SMILES string of the molecule is C=C1C=CCC1.C=C1C=CCCC1.C=C1C=NCC1.C=C1C=NCC1.C=C1CCCC1.C=C1CCCC=N1.C=C1CCCCC1.CC.CC.CC.CC.CC.CC.CC.CC.CC.CC.CC.CC.CC.CC.CC.CC.O=C1C=NCCC1. The Balaban J connectivity index is -0.0000000421. The van der Waals surface area contributed by atoms with Gasteiger partial charge in [0.25, 0.3) is 0 Å². The lowest BCUT2D eigenvalue weighted by Crippen LogP contribution is -2.05. The van der Waals surface area contributed by atoms with E-state index in [-0.39, 0.29) is 5.78 Å². The first kappa shape index (κ1) is 122. The van der Waals surface area contributed by atoms with Gasteiger partial charge in [0, 0.05) is 50.4 Å². The van der Waals surface area contributed by atoms with E-state index in [1.165, 1.54) is 125 Å². The molecule has 0 spiro atoms. The number of ketones is 1. The van der Waals surface area contributed by atoms with Crippen molar-refractivity contribution in [1.82, 2.24) is 0 Å². The van der Waals surface area contributed by atoms with Crippen molar-refractivity contribution in [3.63, 3.8) is 0 Å². The van der Waals surface area contributed by atoms with Gasteiger partial charge in [-0.3, -0.25) is 24.8 Å². The fraction of sp³-hybridized carbons (Fsp3) is 0.709. The molecule has 2 saturated carbocycles. The van der Waals surface area contributed by atoms with Crippen LogP contribution in [0.3, 0.4) is 0 Å². The van der Waals surface area contributed by atoms with Crippen molar-refractivity contribution in [1.29, 1.82) is 0 Å². The molecule has 2 fully saturated rings. The minimum Gasteiger partial charge on any atom is -0.293 e. The first-order valence-electron chi connectivity index (χ1n) is 35.8. The van der Waals surface area contributed by atoms with Gasteiger partial charge in [0.2, 0.25) is 0 Å². The number of carbonyl (C=O) groups is 1. The third kappa shape index (κ3) is 147. The van der Waals surface area contributed by atoms with Gasteiger partial charge < -0.3 is 0 Å². The molecule has 0 N–H and O–H groups in total. The number of hydrogen-bond acceptors (Lipinski definition) is 5. The van der Waals surface area contributed by atoms with E-state index < -0.39 is 0 Å². The Morgan fingerprint density at radius 1 is 0.286 bits per heavy atom. The number of Topliss-reactive ketones (excluding diaryl/α,β-unsaturated/α-hetero) is 1. The van der Waals surface area contributed by atoms with E-state index in [2.05, 4.69) is 90.3 Å². The van der Waals surface area contributed by atoms with E-state index in [4.69, 9.17) is 0 Å². The topological polar surface area (TPSA) is 66.5 Å². The Kier molecular flexibility index (Phi) is 222. The standard InChI is InChI=1S/C7H12.C7H10.C6H9N.C6H10.C6H8.C5H7NO.2C5H7N.16C2H6/c2*1-7-5-3-2-4-6-7;1-6-4-2-3-5-7-6;2*1-6-4-2-3-5-6;7-5-2-1-3-6-4-5;2*1-5-2-3-6-4-5;16*1-2/h1-6H2;3,5H,1-2,4,6H2;5H,1-4H2;1-5H2;2,4H,1,3,5H2;4H,1-3H2;2*4H,1-3H2;16*1-2H3. The Labute approximate surface area is 538 Å². The predicted molar refractivity (Wildman–Crippen MR) is 414 cm³/mol. The molecule has 0 amide bonds. The lowest BCUT2D eigenvalue weighted by Gasteiger charge is -2.10. The molecule has 0 unspecified atom stereocenters. The van der Waals surface area contributed by atoms with Crippen molar-refractivity contribution in [3.8, 4) is 0 Å². The third-order valence-electron chi connectivity index (χ3n) is 8.77. The lowest BCUT2D eigenvalue weighted by molar-refractivity contribution is -0.112. The maximum atomic E-state index is 10.3. The number of allylic oxidation sites excluding steroid dienone is 9. The summed E-state index contributed by atoms with van der Waals surface area (Å²) in [6, 6.07) is 0. The van der Waals surface area contributed by atoms with Gasteiger partial charge in [-0.05, 0) is 133 Å². The summed E-state index contributed by atoms with van der Waals surface area (Å²) in [7, 11) is 0. The van der Waals surface area contributed by atoms with E-state index in [1.54, 1.807) is 0 Å². The number of hydrogen-bond donors (Lipinski definition) is 0. The Morgan fingerprint density at radius 3 is 0.726 bits per heavy atom. The largest absolute Gasteiger partial charge is 0.293 e. The van der Waals surface area contributed by atoms with Crippen LogP contribution >= 0.6 is 0 Å². The van der Waals surface area contributed by atoms with Gasteiger partial charge in [0.05, 0.1) is 6.21 Å². The highest BCUT2D eigenvalue weighted by molar-refractivity contribution is 6.27. The average Bonchev–Trinajstić information content (AvgIpc) is 4.50. The van der Waals surface area contributed by atoms with E-state index in [9.17, 15) is 4.79 Å². The molecule has 0 radical (unpaired) electrons. The second-order valence-electron chi connectivity index (χ2n) is 14.1. The summed E-state index contributed by atoms with van der Waals surface area (Å²) in [6.45, 7) is 93.2. The summed E-state index contributed by atoms with van der Waals surface area (Å²) in [5.41, 5.74) is 8.83. The summed E-state index contributed by atoms with van der Waals surface area (Å²) in [6.07, 6.45) is 41.1. The molecule has 4 aliphatic heterocycles. The molecule has 0 atom stereocenters. The molecule has 0 aromatic heterocycles. The minimum atomic E-state index is 0.172. The highest BCUT2D eigenvalue weighted by Gasteiger charge is 2.02. The van der Waals surface area contributed by atoms with Crippen LogP contribution in [0, 0.1) is 0 Å². The number of carbonyl (C=O) groups excluding carboxylic acids is 1. The fourth-order valence-corrected chi connectivity index (χ4v) is 5.47. The molecule has 84 heavy (non-hydrogen) atoms. The highest BCUT2D eigenvalue weighted by atomic mass is 16.1. The Bertz CT molecular complexity index is 1190. The second-order valence-corrected chi connectivity index (χ2v) is 14.1. The molecule has 0 aromatic rings. The van der Waals surface area contributed by atoms with Gasteiger partial charge in [0.1, 0.15) is 0 Å². The molecule has 4 heterocycles. The molecule has 0 saturated heterocycles. The molecule has 5 nitrogen and oxygen atoms in total. The highest BCUT2D eigenvalue weighted by Crippen LogP contribution is 2.21. The summed E-state index contributed by atoms with van der Waals surface area (Å²) in [5, 5.41) is 0. The number of rotatable bonds is 0. The fourth-order valence-electron chi connectivity index (χ4n) is 5.47. The van der Waals surface area contributed by atoms with E-state index >= 15 is 0 Å². The number of aliphatic imine (C=N–C) groups is 4. The van der Waals surface area contributed by atoms with Crippen LogP contribution in [0.2, 0.25) is 0 Å². The normalized spacial score (nSPS) is 13.9. The zero-order valence-corrected chi connectivity index (χ0v) is 64.7. The Hall–Kier alpha value is -3.99. The van der Waals surface area contributed by atoms with E-state index in [1.807, 2.05) is 240 Å². The van der Waals surface area contributed by atoms with Crippen molar-refractivity contribution in [3.05, 3.63) is 109 Å². The van der Waals surface area contributed by atoms with E-state index in [0.717, 1.165) is 68.6 Å². The van der Waals surface area contributed by atoms with Crippen LogP contribution < -0.4 is 0 Å². The maximum absolute atomic E-state index is 10.3. The molecule has 0 aromatic carbocycles. The zero-order valence-electron chi connectivity index (χ0n) is 64.7. The van der Waals surface area contributed by atoms with Gasteiger partial charge in [0.15, 0.2) is 5.78 Å². The summed E-state index contributed by atoms with van der Waals surface area (Å²) < 4.78 is 0. The van der Waals surface area contributed by atoms with Crippen molar-refractivity contribution < 1.29 is 4.79 Å². The van der Waals surface area contributed by atoms with Crippen molar-refractivity contribution in [2.24, 2.45) is 20.0 Å².